The first-order chi connectivity index (χ1) is 16.0. The molecule has 1 aromatic heterocycles. The van der Waals surface area contributed by atoms with Crippen LogP contribution in [-0.2, 0) is 4.79 Å². The van der Waals surface area contributed by atoms with E-state index in [-0.39, 0.29) is 11.8 Å². The highest BCUT2D eigenvalue weighted by Crippen LogP contribution is 2.46. The van der Waals surface area contributed by atoms with Crippen LogP contribution < -0.4 is 19.5 Å². The average Bonchev–Trinajstić information content (AvgIpc) is 3.36. The van der Waals surface area contributed by atoms with E-state index >= 15 is 0 Å². The Morgan fingerprint density at radius 3 is 2.39 bits per heavy atom. The van der Waals surface area contributed by atoms with Crippen molar-refractivity contribution >= 4 is 28.8 Å². The van der Waals surface area contributed by atoms with Crippen molar-refractivity contribution in [3.63, 3.8) is 0 Å². The number of carbonyl (C=O) groups is 2. The molecule has 2 amide bonds. The molecule has 3 aromatic rings. The van der Waals surface area contributed by atoms with Crippen LogP contribution in [0, 0.1) is 0 Å². The summed E-state index contributed by atoms with van der Waals surface area (Å²) in [6, 6.07) is 14.0. The van der Waals surface area contributed by atoms with Gasteiger partial charge in [0.1, 0.15) is 5.75 Å². The first-order valence-corrected chi connectivity index (χ1v) is 11.5. The fourth-order valence-electron chi connectivity index (χ4n) is 4.17. The molecule has 2 heterocycles. The molecule has 172 valence electrons. The van der Waals surface area contributed by atoms with Crippen molar-refractivity contribution in [1.29, 1.82) is 0 Å². The lowest BCUT2D eigenvalue weighted by Gasteiger charge is -2.39. The van der Waals surface area contributed by atoms with Gasteiger partial charge in [-0.2, -0.15) is 0 Å². The number of ether oxygens (including phenoxy) is 3. The SMILES string of the molecule is CCOc1ccc(NC(=O)[C@H]2c3cc(OC)c(OC)cc3C(=O)N(C)[C@@H]2c2cccs2)cc1. The molecule has 8 heteroatoms. The van der Waals surface area contributed by atoms with E-state index in [4.69, 9.17) is 14.2 Å². The number of amides is 2. The number of methoxy groups -OCH3 is 2. The molecule has 2 aromatic carbocycles. The van der Waals surface area contributed by atoms with Gasteiger partial charge < -0.3 is 24.4 Å². The van der Waals surface area contributed by atoms with Crippen molar-refractivity contribution < 1.29 is 23.8 Å². The Bertz CT molecular complexity index is 1140. The maximum absolute atomic E-state index is 13.7. The molecule has 1 aliphatic rings. The molecule has 0 saturated heterocycles. The van der Waals surface area contributed by atoms with Gasteiger partial charge in [0.15, 0.2) is 11.5 Å². The molecule has 4 rings (SSSR count). The predicted molar refractivity (Wildman–Crippen MR) is 128 cm³/mol. The number of benzene rings is 2. The zero-order valence-corrected chi connectivity index (χ0v) is 19.8. The number of carbonyl (C=O) groups excluding carboxylic acids is 2. The molecule has 0 spiro atoms. The highest BCUT2D eigenvalue weighted by Gasteiger charge is 2.44. The van der Waals surface area contributed by atoms with Crippen LogP contribution in [0.15, 0.2) is 53.9 Å². The number of fused-ring (bicyclic) bond motifs is 1. The number of rotatable bonds is 7. The van der Waals surface area contributed by atoms with Gasteiger partial charge in [-0.3, -0.25) is 9.59 Å². The summed E-state index contributed by atoms with van der Waals surface area (Å²) in [6.45, 7) is 2.49. The lowest BCUT2D eigenvalue weighted by atomic mass is 9.81. The Balaban J connectivity index is 1.78. The third-order valence-electron chi connectivity index (χ3n) is 5.72. The molecule has 2 atom stereocenters. The van der Waals surface area contributed by atoms with Crippen LogP contribution in [0.4, 0.5) is 5.69 Å². The number of nitrogens with zero attached hydrogens (tertiary/aromatic N) is 1. The fraction of sp³-hybridized carbons (Fsp3) is 0.280. The summed E-state index contributed by atoms with van der Waals surface area (Å²) in [6.07, 6.45) is 0. The number of hydrogen-bond acceptors (Lipinski definition) is 6. The molecule has 0 saturated carbocycles. The molecule has 0 radical (unpaired) electrons. The van der Waals surface area contributed by atoms with Crippen LogP contribution in [0.25, 0.3) is 0 Å². The predicted octanol–water partition coefficient (Wildman–Crippen LogP) is 4.71. The minimum atomic E-state index is -0.646. The van der Waals surface area contributed by atoms with Crippen LogP contribution >= 0.6 is 11.3 Å². The summed E-state index contributed by atoms with van der Waals surface area (Å²) in [4.78, 5) is 29.6. The molecule has 0 fully saturated rings. The first kappa shape index (κ1) is 22.7. The summed E-state index contributed by atoms with van der Waals surface area (Å²) < 4.78 is 16.4. The zero-order valence-electron chi connectivity index (χ0n) is 19.0. The number of anilines is 1. The van der Waals surface area contributed by atoms with Crippen LogP contribution in [0.5, 0.6) is 17.2 Å². The molecule has 7 nitrogen and oxygen atoms in total. The summed E-state index contributed by atoms with van der Waals surface area (Å²) in [5.74, 6) is 0.611. The van der Waals surface area contributed by atoms with E-state index < -0.39 is 12.0 Å². The van der Waals surface area contributed by atoms with Gasteiger partial charge in [-0.15, -0.1) is 11.3 Å². The third-order valence-corrected chi connectivity index (χ3v) is 6.67. The van der Waals surface area contributed by atoms with Crippen LogP contribution in [-0.4, -0.2) is 44.6 Å². The van der Waals surface area contributed by atoms with Gasteiger partial charge in [-0.1, -0.05) is 6.07 Å². The van der Waals surface area contributed by atoms with Gasteiger partial charge in [0.25, 0.3) is 5.91 Å². The van der Waals surface area contributed by atoms with E-state index in [0.717, 1.165) is 10.6 Å². The largest absolute Gasteiger partial charge is 0.494 e. The second-order valence-corrected chi connectivity index (χ2v) is 8.57. The number of nitrogens with one attached hydrogen (secondary N) is 1. The van der Waals surface area contributed by atoms with Crippen molar-refractivity contribution in [1.82, 2.24) is 4.90 Å². The molecule has 1 aliphatic heterocycles. The van der Waals surface area contributed by atoms with Crippen molar-refractivity contribution in [2.45, 2.75) is 18.9 Å². The quantitative estimate of drug-likeness (QED) is 0.546. The molecule has 0 aliphatic carbocycles. The molecule has 33 heavy (non-hydrogen) atoms. The Morgan fingerprint density at radius 2 is 1.79 bits per heavy atom. The van der Waals surface area contributed by atoms with E-state index in [9.17, 15) is 9.59 Å². The van der Waals surface area contributed by atoms with Crippen LogP contribution in [0.1, 0.15) is 39.7 Å². The van der Waals surface area contributed by atoms with E-state index in [0.29, 0.717) is 34.9 Å². The second-order valence-electron chi connectivity index (χ2n) is 7.60. The van der Waals surface area contributed by atoms with Gasteiger partial charge in [0.2, 0.25) is 5.91 Å². The first-order valence-electron chi connectivity index (χ1n) is 10.6. The minimum absolute atomic E-state index is 0.172. The molecule has 1 N–H and O–H groups in total. The molecular formula is C25H26N2O5S. The van der Waals surface area contributed by atoms with Crippen molar-refractivity contribution in [3.05, 3.63) is 69.9 Å². The Morgan fingerprint density at radius 1 is 1.09 bits per heavy atom. The Kier molecular flexibility index (Phi) is 6.55. The fourth-order valence-corrected chi connectivity index (χ4v) is 5.07. The lowest BCUT2D eigenvalue weighted by Crippen LogP contribution is -2.43. The minimum Gasteiger partial charge on any atom is -0.494 e. The normalized spacial score (nSPS) is 17.3. The van der Waals surface area contributed by atoms with Crippen LogP contribution in [0.2, 0.25) is 0 Å². The van der Waals surface area contributed by atoms with Gasteiger partial charge in [0, 0.05) is 23.2 Å². The topological polar surface area (TPSA) is 77.1 Å². The van der Waals surface area contributed by atoms with E-state index in [2.05, 4.69) is 5.32 Å². The number of thiophene rings is 1. The molecule has 0 unspecified atom stereocenters. The Hall–Kier alpha value is -3.52. The van der Waals surface area contributed by atoms with E-state index in [1.54, 1.807) is 36.2 Å². The third kappa shape index (κ3) is 4.26. The monoisotopic (exact) mass is 466 g/mol. The number of hydrogen-bond donors (Lipinski definition) is 1. The Labute approximate surface area is 196 Å². The van der Waals surface area contributed by atoms with E-state index in [1.165, 1.54) is 25.6 Å². The summed E-state index contributed by atoms with van der Waals surface area (Å²) >= 11 is 1.52. The maximum atomic E-state index is 13.7. The van der Waals surface area contributed by atoms with Gasteiger partial charge in [-0.05, 0) is 60.3 Å². The summed E-state index contributed by atoms with van der Waals surface area (Å²) in [5, 5.41) is 4.96. The highest BCUT2D eigenvalue weighted by molar-refractivity contribution is 7.10. The van der Waals surface area contributed by atoms with Gasteiger partial charge in [-0.25, -0.2) is 0 Å². The lowest BCUT2D eigenvalue weighted by molar-refractivity contribution is -0.119. The molecule has 0 bridgehead atoms. The second kappa shape index (κ2) is 9.54. The number of likely N-dealkylation sites (N-methyl/N-ethyl adjacent to an activating group) is 1. The van der Waals surface area contributed by atoms with Crippen LogP contribution in [0.3, 0.4) is 0 Å². The zero-order chi connectivity index (χ0) is 23.5. The van der Waals surface area contributed by atoms with Gasteiger partial charge in [0.05, 0.1) is 32.8 Å². The smallest absolute Gasteiger partial charge is 0.254 e. The average molecular weight is 467 g/mol. The highest BCUT2D eigenvalue weighted by atomic mass is 32.1. The molecular weight excluding hydrogens is 440 g/mol. The summed E-state index contributed by atoms with van der Waals surface area (Å²) in [5.41, 5.74) is 1.68. The maximum Gasteiger partial charge on any atom is 0.254 e. The van der Waals surface area contributed by atoms with Crippen molar-refractivity contribution in [2.24, 2.45) is 0 Å². The van der Waals surface area contributed by atoms with E-state index in [1.807, 2.05) is 36.6 Å². The standard InChI is InChI=1S/C25H26N2O5S/c1-5-32-16-10-8-15(9-11-16)26-24(28)22-17-13-19(30-3)20(31-4)14-18(17)25(29)27(2)23(22)21-7-6-12-33-21/h6-14,22-23H,5H2,1-4H3,(H,26,28)/t22-,23+/m0/s1. The van der Waals surface area contributed by atoms with Crippen molar-refractivity contribution in [3.8, 4) is 17.2 Å². The van der Waals surface area contributed by atoms with Gasteiger partial charge >= 0.3 is 0 Å². The van der Waals surface area contributed by atoms with Crippen molar-refractivity contribution in [2.75, 3.05) is 33.2 Å². The summed E-state index contributed by atoms with van der Waals surface area (Å²) in [7, 11) is 4.78.